The first-order chi connectivity index (χ1) is 11.1. The van der Waals surface area contributed by atoms with E-state index >= 15 is 0 Å². The second-order valence-electron chi connectivity index (χ2n) is 5.81. The molecule has 5 nitrogen and oxygen atoms in total. The van der Waals surface area contributed by atoms with Crippen molar-refractivity contribution in [3.63, 3.8) is 0 Å². The number of hydrogen-bond acceptors (Lipinski definition) is 3. The molecular weight excluding hydrogens is 288 g/mol. The van der Waals surface area contributed by atoms with Gasteiger partial charge in [-0.3, -0.25) is 9.67 Å². The SMILES string of the molecule is COc1cc2c(cc1-c1c(C)nn(C)c1C)[nH]c1ccncc12. The number of H-pyrrole nitrogens is 1. The summed E-state index contributed by atoms with van der Waals surface area (Å²) in [6, 6.07) is 6.21. The highest BCUT2D eigenvalue weighted by molar-refractivity contribution is 6.08. The van der Waals surface area contributed by atoms with Crippen LogP contribution in [0.5, 0.6) is 5.75 Å². The van der Waals surface area contributed by atoms with Crippen LogP contribution in [0.25, 0.3) is 32.9 Å². The number of ether oxygens (including phenoxy) is 1. The molecule has 23 heavy (non-hydrogen) atoms. The number of fused-ring (bicyclic) bond motifs is 3. The largest absolute Gasteiger partial charge is 0.496 e. The van der Waals surface area contributed by atoms with Gasteiger partial charge >= 0.3 is 0 Å². The van der Waals surface area contributed by atoms with E-state index in [4.69, 9.17) is 4.74 Å². The molecular formula is C18H18N4O. The Morgan fingerprint density at radius 3 is 2.65 bits per heavy atom. The average molecular weight is 306 g/mol. The fraction of sp³-hybridized carbons (Fsp3) is 0.222. The number of nitrogens with one attached hydrogen (secondary N) is 1. The molecule has 0 aliphatic rings. The van der Waals surface area contributed by atoms with Crippen molar-refractivity contribution in [2.45, 2.75) is 13.8 Å². The summed E-state index contributed by atoms with van der Waals surface area (Å²) in [6.07, 6.45) is 3.68. The molecule has 3 aromatic heterocycles. The molecule has 0 bridgehead atoms. The third kappa shape index (κ3) is 1.93. The van der Waals surface area contributed by atoms with Gasteiger partial charge in [-0.2, -0.15) is 5.10 Å². The Hall–Kier alpha value is -2.82. The van der Waals surface area contributed by atoms with Crippen LogP contribution in [0.2, 0.25) is 0 Å². The summed E-state index contributed by atoms with van der Waals surface area (Å²) >= 11 is 0. The Bertz CT molecular complexity index is 1040. The van der Waals surface area contributed by atoms with Crippen molar-refractivity contribution in [3.8, 4) is 16.9 Å². The van der Waals surface area contributed by atoms with Crippen LogP contribution in [-0.2, 0) is 7.05 Å². The number of methoxy groups -OCH3 is 1. The number of rotatable bonds is 2. The van der Waals surface area contributed by atoms with Gasteiger partial charge in [0.15, 0.2) is 0 Å². The molecule has 4 rings (SSSR count). The number of benzene rings is 1. The molecule has 5 heteroatoms. The zero-order valence-electron chi connectivity index (χ0n) is 13.6. The molecule has 0 saturated carbocycles. The first-order valence-electron chi connectivity index (χ1n) is 7.54. The molecule has 0 atom stereocenters. The van der Waals surface area contributed by atoms with E-state index in [0.717, 1.165) is 50.1 Å². The highest BCUT2D eigenvalue weighted by Crippen LogP contribution is 2.39. The predicted octanol–water partition coefficient (Wildman–Crippen LogP) is 3.74. The molecule has 0 radical (unpaired) electrons. The Morgan fingerprint density at radius 2 is 1.96 bits per heavy atom. The molecule has 0 saturated heterocycles. The molecule has 0 aliphatic heterocycles. The highest BCUT2D eigenvalue weighted by atomic mass is 16.5. The number of hydrogen-bond donors (Lipinski definition) is 1. The van der Waals surface area contributed by atoms with Crippen molar-refractivity contribution in [1.29, 1.82) is 0 Å². The monoisotopic (exact) mass is 306 g/mol. The molecule has 0 fully saturated rings. The first kappa shape index (κ1) is 13.8. The maximum atomic E-state index is 5.67. The number of aromatic nitrogens is 4. The summed E-state index contributed by atoms with van der Waals surface area (Å²) in [4.78, 5) is 7.69. The highest BCUT2D eigenvalue weighted by Gasteiger charge is 2.18. The maximum absolute atomic E-state index is 5.67. The standard InChI is InChI=1S/C18H18N4O/c1-10-18(11(2)22(3)21-10)13-7-16-12(8-17(13)23-4)14-9-19-6-5-15(14)20-16/h5-9,20H,1-4H3. The number of aromatic amines is 1. The van der Waals surface area contributed by atoms with Crippen LogP contribution in [0, 0.1) is 13.8 Å². The van der Waals surface area contributed by atoms with Gasteiger partial charge in [-0.15, -0.1) is 0 Å². The second-order valence-corrected chi connectivity index (χ2v) is 5.81. The number of aryl methyl sites for hydroxylation is 2. The van der Waals surface area contributed by atoms with E-state index in [-0.39, 0.29) is 0 Å². The van der Waals surface area contributed by atoms with Crippen molar-refractivity contribution in [1.82, 2.24) is 19.7 Å². The van der Waals surface area contributed by atoms with Crippen LogP contribution in [0.15, 0.2) is 30.6 Å². The van der Waals surface area contributed by atoms with Crippen molar-refractivity contribution >= 4 is 21.8 Å². The van der Waals surface area contributed by atoms with Gasteiger partial charge in [-0.1, -0.05) is 0 Å². The minimum Gasteiger partial charge on any atom is -0.496 e. The van der Waals surface area contributed by atoms with E-state index in [1.807, 2.05) is 30.9 Å². The maximum Gasteiger partial charge on any atom is 0.127 e. The molecule has 116 valence electrons. The van der Waals surface area contributed by atoms with E-state index in [1.165, 1.54) is 0 Å². The third-order valence-electron chi connectivity index (χ3n) is 4.50. The van der Waals surface area contributed by atoms with Gasteiger partial charge in [0.2, 0.25) is 0 Å². The zero-order chi connectivity index (χ0) is 16.1. The first-order valence-corrected chi connectivity index (χ1v) is 7.54. The minimum absolute atomic E-state index is 0.849. The lowest BCUT2D eigenvalue weighted by Gasteiger charge is -2.10. The smallest absolute Gasteiger partial charge is 0.127 e. The van der Waals surface area contributed by atoms with Gasteiger partial charge in [0.05, 0.1) is 12.8 Å². The Balaban J connectivity index is 2.08. The van der Waals surface area contributed by atoms with Crippen LogP contribution in [0.4, 0.5) is 0 Å². The Morgan fingerprint density at radius 1 is 1.13 bits per heavy atom. The van der Waals surface area contributed by atoms with Gasteiger partial charge in [-0.05, 0) is 32.0 Å². The van der Waals surface area contributed by atoms with Crippen LogP contribution < -0.4 is 4.74 Å². The van der Waals surface area contributed by atoms with Crippen LogP contribution in [0.3, 0.4) is 0 Å². The third-order valence-corrected chi connectivity index (χ3v) is 4.50. The lowest BCUT2D eigenvalue weighted by atomic mass is 10.0. The fourth-order valence-corrected chi connectivity index (χ4v) is 3.30. The van der Waals surface area contributed by atoms with Gasteiger partial charge in [0, 0.05) is 58.1 Å². The van der Waals surface area contributed by atoms with Crippen molar-refractivity contribution < 1.29 is 4.74 Å². The van der Waals surface area contributed by atoms with Gasteiger partial charge in [0.1, 0.15) is 5.75 Å². The van der Waals surface area contributed by atoms with Gasteiger partial charge in [0.25, 0.3) is 0 Å². The topological polar surface area (TPSA) is 55.7 Å². The summed E-state index contributed by atoms with van der Waals surface area (Å²) in [6.45, 7) is 4.11. The lowest BCUT2D eigenvalue weighted by molar-refractivity contribution is 0.417. The van der Waals surface area contributed by atoms with Crippen molar-refractivity contribution in [2.75, 3.05) is 7.11 Å². The van der Waals surface area contributed by atoms with Gasteiger partial charge < -0.3 is 9.72 Å². The quantitative estimate of drug-likeness (QED) is 0.614. The molecule has 1 N–H and O–H groups in total. The summed E-state index contributed by atoms with van der Waals surface area (Å²) < 4.78 is 7.58. The van der Waals surface area contributed by atoms with Crippen LogP contribution in [0.1, 0.15) is 11.4 Å². The van der Waals surface area contributed by atoms with E-state index in [9.17, 15) is 0 Å². The number of nitrogens with zero attached hydrogens (tertiary/aromatic N) is 3. The Labute approximate surface area is 133 Å². The van der Waals surface area contributed by atoms with Crippen LogP contribution >= 0.6 is 0 Å². The van der Waals surface area contributed by atoms with Crippen molar-refractivity contribution in [2.24, 2.45) is 7.05 Å². The summed E-state index contributed by atoms with van der Waals surface area (Å²) in [5, 5.41) is 6.75. The fourth-order valence-electron chi connectivity index (χ4n) is 3.30. The minimum atomic E-state index is 0.849. The van der Waals surface area contributed by atoms with E-state index in [1.54, 1.807) is 13.3 Å². The molecule has 0 spiro atoms. The van der Waals surface area contributed by atoms with Gasteiger partial charge in [-0.25, -0.2) is 0 Å². The molecule has 0 amide bonds. The van der Waals surface area contributed by atoms with E-state index < -0.39 is 0 Å². The zero-order valence-corrected chi connectivity index (χ0v) is 13.6. The van der Waals surface area contributed by atoms with E-state index in [0.29, 0.717) is 0 Å². The molecule has 3 heterocycles. The van der Waals surface area contributed by atoms with E-state index in [2.05, 4.69) is 34.1 Å². The summed E-state index contributed by atoms with van der Waals surface area (Å²) in [5.74, 6) is 0.849. The second kappa shape index (κ2) is 4.84. The molecule has 0 aliphatic carbocycles. The normalized spacial score (nSPS) is 11.5. The summed E-state index contributed by atoms with van der Waals surface area (Å²) in [7, 11) is 3.67. The Kier molecular flexibility index (Phi) is 2.91. The van der Waals surface area contributed by atoms with Crippen LogP contribution in [-0.4, -0.2) is 26.9 Å². The summed E-state index contributed by atoms with van der Waals surface area (Å²) in [5.41, 5.74) is 6.46. The molecule has 0 unspecified atom stereocenters. The van der Waals surface area contributed by atoms with Crippen molar-refractivity contribution in [3.05, 3.63) is 42.0 Å². The molecule has 1 aromatic carbocycles. The predicted molar refractivity (Wildman–Crippen MR) is 91.8 cm³/mol. The lowest BCUT2D eigenvalue weighted by Crippen LogP contribution is -1.93. The number of pyridine rings is 1. The average Bonchev–Trinajstić information content (AvgIpc) is 3.03. The molecule has 4 aromatic rings.